The Morgan fingerprint density at radius 3 is 3.04 bits per heavy atom. The Hall–Kier alpha value is -1.60. The molecule has 0 saturated carbocycles. The number of carbonyl (C=O) groups excluding carboxylic acids is 1. The summed E-state index contributed by atoms with van der Waals surface area (Å²) >= 11 is 3.56. The molecule has 2 aliphatic rings. The first-order valence-corrected chi connectivity index (χ1v) is 10.4. The average molecular weight is 375 g/mol. The number of hydrogen-bond donors (Lipinski definition) is 1. The number of pyridine rings is 1. The highest BCUT2D eigenvalue weighted by Crippen LogP contribution is 2.55. The third-order valence-electron chi connectivity index (χ3n) is 5.11. The number of amides is 1. The fraction of sp³-hybridized carbons (Fsp3) is 0.500. The van der Waals surface area contributed by atoms with E-state index < -0.39 is 0 Å². The first-order chi connectivity index (χ1) is 12.1. The number of nitrogens with one attached hydrogen (secondary N) is 1. The Bertz CT molecular complexity index is 813. The molecule has 2 aliphatic heterocycles. The monoisotopic (exact) mass is 374 g/mol. The number of thioether (sulfide) groups is 1. The number of nitrogens with zero attached hydrogens (tertiary/aromatic N) is 3. The number of fused-ring (bicyclic) bond motifs is 2. The molecule has 1 N–H and O–H groups in total. The standard InChI is InChI=1S/C18H22N4OS2/c1-4-22-8-6-12-15(17(20-11(3)23)25-16(12)10(22)2)18-21-13-9-19-7-5-14(13)24-18/h5,7,9,12,15,17H,4,6,8H2,1-3H3,(H,20,23). The number of rotatable bonds is 3. The molecule has 4 rings (SSSR count). The van der Waals surface area contributed by atoms with Gasteiger partial charge in [0.1, 0.15) is 5.01 Å². The number of thiazole rings is 1. The van der Waals surface area contributed by atoms with Crippen molar-refractivity contribution >= 4 is 39.2 Å². The second-order valence-corrected chi connectivity index (χ2v) is 8.83. The van der Waals surface area contributed by atoms with Crippen molar-refractivity contribution in [2.45, 2.75) is 38.5 Å². The van der Waals surface area contributed by atoms with Gasteiger partial charge in [0.25, 0.3) is 0 Å². The lowest BCUT2D eigenvalue weighted by Crippen LogP contribution is -2.36. The van der Waals surface area contributed by atoms with Crippen LogP contribution in [0, 0.1) is 5.92 Å². The summed E-state index contributed by atoms with van der Waals surface area (Å²) in [5.41, 5.74) is 2.32. The van der Waals surface area contributed by atoms with Gasteiger partial charge in [-0.25, -0.2) is 4.98 Å². The van der Waals surface area contributed by atoms with E-state index in [2.05, 4.69) is 29.0 Å². The summed E-state index contributed by atoms with van der Waals surface area (Å²) in [4.78, 5) is 24.7. The van der Waals surface area contributed by atoms with Gasteiger partial charge in [0.05, 0.1) is 21.8 Å². The predicted octanol–water partition coefficient (Wildman–Crippen LogP) is 3.56. The Balaban J connectivity index is 1.77. The maximum atomic E-state index is 11.8. The molecule has 0 aliphatic carbocycles. The van der Waals surface area contributed by atoms with Crippen molar-refractivity contribution in [2.24, 2.45) is 5.92 Å². The molecule has 1 fully saturated rings. The van der Waals surface area contributed by atoms with E-state index in [1.54, 1.807) is 18.3 Å². The van der Waals surface area contributed by atoms with Gasteiger partial charge in [-0.2, -0.15) is 0 Å². The van der Waals surface area contributed by atoms with Crippen LogP contribution < -0.4 is 5.32 Å². The summed E-state index contributed by atoms with van der Waals surface area (Å²) in [5, 5.41) is 4.34. The fourth-order valence-electron chi connectivity index (χ4n) is 3.91. The van der Waals surface area contributed by atoms with E-state index in [0.29, 0.717) is 5.92 Å². The number of hydrogen-bond acceptors (Lipinski definition) is 6. The van der Waals surface area contributed by atoms with Crippen molar-refractivity contribution in [3.8, 4) is 0 Å². The minimum Gasteiger partial charge on any atom is -0.375 e. The van der Waals surface area contributed by atoms with Crippen molar-refractivity contribution < 1.29 is 4.79 Å². The van der Waals surface area contributed by atoms with Gasteiger partial charge in [-0.05, 0) is 26.3 Å². The number of aromatic nitrogens is 2. The molecule has 0 spiro atoms. The Morgan fingerprint density at radius 1 is 1.48 bits per heavy atom. The SMILES string of the molecule is CCN1CCC2C(=C1C)SC(NC(C)=O)C2c1nc2cnccc2s1. The van der Waals surface area contributed by atoms with Crippen LogP contribution in [0.5, 0.6) is 0 Å². The second-order valence-electron chi connectivity index (χ2n) is 6.58. The zero-order chi connectivity index (χ0) is 17.6. The Labute approximate surface area is 155 Å². The molecule has 4 heterocycles. The fourth-order valence-corrected chi connectivity index (χ4v) is 6.84. The zero-order valence-electron chi connectivity index (χ0n) is 14.7. The molecule has 5 nitrogen and oxygen atoms in total. The van der Waals surface area contributed by atoms with Crippen LogP contribution in [-0.4, -0.2) is 39.2 Å². The summed E-state index contributed by atoms with van der Waals surface area (Å²) in [7, 11) is 0. The van der Waals surface area contributed by atoms with Crippen molar-refractivity contribution in [3.05, 3.63) is 34.1 Å². The average Bonchev–Trinajstić information content (AvgIpc) is 3.15. The van der Waals surface area contributed by atoms with E-state index in [1.807, 2.05) is 30.2 Å². The Kier molecular flexibility index (Phi) is 4.45. The normalized spacial score (nSPS) is 26.2. The molecule has 25 heavy (non-hydrogen) atoms. The van der Waals surface area contributed by atoms with E-state index >= 15 is 0 Å². The van der Waals surface area contributed by atoms with Crippen LogP contribution in [0.15, 0.2) is 29.1 Å². The molecule has 1 amide bonds. The quantitative estimate of drug-likeness (QED) is 0.890. The molecule has 2 aromatic heterocycles. The molecular weight excluding hydrogens is 352 g/mol. The van der Waals surface area contributed by atoms with Gasteiger partial charge >= 0.3 is 0 Å². The van der Waals surface area contributed by atoms with Crippen LogP contribution in [0.3, 0.4) is 0 Å². The zero-order valence-corrected chi connectivity index (χ0v) is 16.3. The lowest BCUT2D eigenvalue weighted by Gasteiger charge is -2.34. The molecule has 3 atom stereocenters. The predicted molar refractivity (Wildman–Crippen MR) is 103 cm³/mol. The van der Waals surface area contributed by atoms with Crippen LogP contribution in [-0.2, 0) is 4.79 Å². The van der Waals surface area contributed by atoms with Gasteiger partial charge in [0, 0.05) is 48.6 Å². The van der Waals surface area contributed by atoms with Gasteiger partial charge in [-0.1, -0.05) is 0 Å². The van der Waals surface area contributed by atoms with Crippen LogP contribution in [0.25, 0.3) is 10.2 Å². The Morgan fingerprint density at radius 2 is 2.32 bits per heavy atom. The molecule has 0 aromatic carbocycles. The summed E-state index contributed by atoms with van der Waals surface area (Å²) in [6, 6.07) is 2.02. The van der Waals surface area contributed by atoms with E-state index in [9.17, 15) is 4.79 Å². The summed E-state index contributed by atoms with van der Waals surface area (Å²) in [6.07, 6.45) is 4.75. The van der Waals surface area contributed by atoms with Crippen LogP contribution in [0.1, 0.15) is 38.1 Å². The van der Waals surface area contributed by atoms with Crippen molar-refractivity contribution in [3.63, 3.8) is 0 Å². The van der Waals surface area contributed by atoms with Gasteiger partial charge < -0.3 is 10.2 Å². The van der Waals surface area contributed by atoms with E-state index in [-0.39, 0.29) is 17.2 Å². The molecular formula is C18H22N4OS2. The maximum Gasteiger partial charge on any atom is 0.217 e. The van der Waals surface area contributed by atoms with Crippen LogP contribution in [0.2, 0.25) is 0 Å². The molecule has 132 valence electrons. The lowest BCUT2D eigenvalue weighted by atomic mass is 9.86. The van der Waals surface area contributed by atoms with Crippen LogP contribution in [0.4, 0.5) is 0 Å². The molecule has 0 radical (unpaired) electrons. The minimum atomic E-state index is 0.0227. The van der Waals surface area contributed by atoms with Crippen molar-refractivity contribution in [2.75, 3.05) is 13.1 Å². The van der Waals surface area contributed by atoms with Crippen LogP contribution >= 0.6 is 23.1 Å². The van der Waals surface area contributed by atoms with Gasteiger partial charge in [0.15, 0.2) is 0 Å². The number of allylic oxidation sites excluding steroid dienone is 2. The highest BCUT2D eigenvalue weighted by molar-refractivity contribution is 8.04. The molecule has 0 bridgehead atoms. The largest absolute Gasteiger partial charge is 0.375 e. The van der Waals surface area contributed by atoms with Gasteiger partial charge in [0.2, 0.25) is 5.91 Å². The summed E-state index contributed by atoms with van der Waals surface area (Å²) < 4.78 is 1.16. The minimum absolute atomic E-state index is 0.0227. The maximum absolute atomic E-state index is 11.8. The highest BCUT2D eigenvalue weighted by atomic mass is 32.2. The molecule has 3 unspecified atom stereocenters. The highest BCUT2D eigenvalue weighted by Gasteiger charge is 2.46. The summed E-state index contributed by atoms with van der Waals surface area (Å²) in [6.45, 7) is 8.12. The molecule has 1 saturated heterocycles. The van der Waals surface area contributed by atoms with Crippen molar-refractivity contribution in [1.29, 1.82) is 0 Å². The lowest BCUT2D eigenvalue weighted by molar-refractivity contribution is -0.119. The molecule has 2 aromatic rings. The third kappa shape index (κ3) is 2.93. The second kappa shape index (κ2) is 6.61. The van der Waals surface area contributed by atoms with Gasteiger partial charge in [-0.3, -0.25) is 9.78 Å². The number of carbonyl (C=O) groups is 1. The van der Waals surface area contributed by atoms with Crippen molar-refractivity contribution in [1.82, 2.24) is 20.2 Å². The molecule has 7 heteroatoms. The third-order valence-corrected chi connectivity index (χ3v) is 7.76. The topological polar surface area (TPSA) is 58.1 Å². The first-order valence-electron chi connectivity index (χ1n) is 8.68. The van der Waals surface area contributed by atoms with E-state index in [1.165, 1.54) is 10.6 Å². The smallest absolute Gasteiger partial charge is 0.217 e. The summed E-state index contributed by atoms with van der Waals surface area (Å²) in [5.74, 6) is 0.697. The first kappa shape index (κ1) is 16.8. The van der Waals surface area contributed by atoms with E-state index in [0.717, 1.165) is 34.7 Å². The van der Waals surface area contributed by atoms with Gasteiger partial charge in [-0.15, -0.1) is 23.1 Å². The van der Waals surface area contributed by atoms with E-state index in [4.69, 9.17) is 4.98 Å².